The van der Waals surface area contributed by atoms with Gasteiger partial charge in [0.05, 0.1) is 13.0 Å². The maximum Gasteiger partial charge on any atom is 0.306 e. The molecule has 0 aliphatic heterocycles. The summed E-state index contributed by atoms with van der Waals surface area (Å²) in [5.41, 5.74) is 1.54. The smallest absolute Gasteiger partial charge is 0.306 e. The molecule has 200 valence electrons. The lowest BCUT2D eigenvalue weighted by Gasteiger charge is -2.35. The maximum atomic E-state index is 12.1. The van der Waals surface area contributed by atoms with Gasteiger partial charge in [-0.2, -0.15) is 11.8 Å². The summed E-state index contributed by atoms with van der Waals surface area (Å²) >= 11 is 1.95. The molecule has 0 amide bonds. The molecule has 2 nitrogen and oxygen atoms in total. The lowest BCUT2D eigenvalue weighted by molar-refractivity contribution is -0.143. The third-order valence-electron chi connectivity index (χ3n) is 7.66. The number of carbonyl (C=O) groups excluding carboxylic acids is 1. The Bertz CT molecular complexity index is 526. The van der Waals surface area contributed by atoms with Gasteiger partial charge in [0.2, 0.25) is 0 Å². The maximum absolute atomic E-state index is 12.1. The Morgan fingerprint density at radius 1 is 0.882 bits per heavy atom. The SMILES string of the molecule is CCCCCCCCCCCCCCCCCCOC(=O)CCSC(C)(C)C1CC=C(C)CC1. The van der Waals surface area contributed by atoms with E-state index in [1.54, 1.807) is 0 Å². The van der Waals surface area contributed by atoms with Gasteiger partial charge in [-0.05, 0) is 38.5 Å². The molecule has 1 aliphatic rings. The Balaban J connectivity index is 1.83. The highest BCUT2D eigenvalue weighted by Gasteiger charge is 2.30. The van der Waals surface area contributed by atoms with Crippen LogP contribution in [0.5, 0.6) is 0 Å². The third kappa shape index (κ3) is 17.1. The van der Waals surface area contributed by atoms with Gasteiger partial charge in [0.15, 0.2) is 0 Å². The molecule has 1 rings (SSSR count). The topological polar surface area (TPSA) is 26.3 Å². The van der Waals surface area contributed by atoms with E-state index < -0.39 is 0 Å². The molecule has 0 fully saturated rings. The van der Waals surface area contributed by atoms with Gasteiger partial charge in [-0.15, -0.1) is 0 Å². The monoisotopic (exact) mass is 494 g/mol. The average molecular weight is 495 g/mol. The average Bonchev–Trinajstić information content (AvgIpc) is 2.81. The van der Waals surface area contributed by atoms with Crippen LogP contribution >= 0.6 is 11.8 Å². The summed E-state index contributed by atoms with van der Waals surface area (Å²) in [5.74, 6) is 1.59. The van der Waals surface area contributed by atoms with E-state index in [2.05, 4.69) is 33.8 Å². The van der Waals surface area contributed by atoms with E-state index in [0.717, 1.165) is 18.1 Å². The number of unbranched alkanes of at least 4 members (excludes halogenated alkanes) is 15. The van der Waals surface area contributed by atoms with Crippen LogP contribution < -0.4 is 0 Å². The van der Waals surface area contributed by atoms with E-state index in [4.69, 9.17) is 4.74 Å². The second-order valence-electron chi connectivity index (χ2n) is 11.2. The zero-order valence-corrected chi connectivity index (χ0v) is 24.3. The van der Waals surface area contributed by atoms with E-state index in [1.807, 2.05) is 11.8 Å². The number of rotatable bonds is 22. The number of ether oxygens (including phenoxy) is 1. The van der Waals surface area contributed by atoms with Crippen LogP contribution in [0, 0.1) is 5.92 Å². The fourth-order valence-corrected chi connectivity index (χ4v) is 6.26. The van der Waals surface area contributed by atoms with Crippen molar-refractivity contribution in [3.63, 3.8) is 0 Å². The third-order valence-corrected chi connectivity index (χ3v) is 9.15. The highest BCUT2D eigenvalue weighted by Crippen LogP contribution is 2.40. The fraction of sp³-hybridized carbons (Fsp3) is 0.903. The molecule has 1 aliphatic carbocycles. The zero-order valence-electron chi connectivity index (χ0n) is 23.4. The molecular formula is C31H58O2S. The molecular weight excluding hydrogens is 436 g/mol. The molecule has 1 unspecified atom stereocenters. The number of esters is 1. The minimum Gasteiger partial charge on any atom is -0.466 e. The van der Waals surface area contributed by atoms with Gasteiger partial charge < -0.3 is 4.74 Å². The lowest BCUT2D eigenvalue weighted by atomic mass is 9.82. The van der Waals surface area contributed by atoms with Crippen LogP contribution in [0.2, 0.25) is 0 Å². The first kappa shape index (κ1) is 31.6. The molecule has 1 atom stereocenters. The Hall–Kier alpha value is -0.440. The first-order chi connectivity index (χ1) is 16.5. The van der Waals surface area contributed by atoms with E-state index in [1.165, 1.54) is 121 Å². The van der Waals surface area contributed by atoms with Crippen molar-refractivity contribution >= 4 is 17.7 Å². The van der Waals surface area contributed by atoms with Crippen LogP contribution in [0.25, 0.3) is 0 Å². The van der Waals surface area contributed by atoms with E-state index in [9.17, 15) is 4.79 Å². The van der Waals surface area contributed by atoms with Crippen molar-refractivity contribution in [2.45, 2.75) is 161 Å². The van der Waals surface area contributed by atoms with Gasteiger partial charge in [-0.1, -0.05) is 129 Å². The van der Waals surface area contributed by atoms with Gasteiger partial charge in [0, 0.05) is 10.5 Å². The number of allylic oxidation sites excluding steroid dienone is 2. The van der Waals surface area contributed by atoms with Crippen molar-refractivity contribution in [2.75, 3.05) is 12.4 Å². The second kappa shape index (κ2) is 20.7. The summed E-state index contributed by atoms with van der Waals surface area (Å²) in [5, 5.41) is 0. The van der Waals surface area contributed by atoms with Gasteiger partial charge >= 0.3 is 5.97 Å². The quantitative estimate of drug-likeness (QED) is 0.0850. The Morgan fingerprint density at radius 2 is 1.38 bits per heavy atom. The zero-order chi connectivity index (χ0) is 24.9. The first-order valence-corrected chi connectivity index (χ1v) is 15.9. The summed E-state index contributed by atoms with van der Waals surface area (Å²) in [6.07, 6.45) is 28.6. The predicted octanol–water partition coefficient (Wildman–Crippen LogP) is 10.4. The van der Waals surface area contributed by atoms with Crippen LogP contribution in [-0.4, -0.2) is 23.1 Å². The van der Waals surface area contributed by atoms with Crippen LogP contribution in [0.3, 0.4) is 0 Å². The minimum atomic E-state index is -0.0105. The van der Waals surface area contributed by atoms with Gasteiger partial charge in [-0.25, -0.2) is 0 Å². The molecule has 0 saturated carbocycles. The number of thioether (sulfide) groups is 1. The van der Waals surface area contributed by atoms with E-state index in [-0.39, 0.29) is 10.7 Å². The summed E-state index contributed by atoms with van der Waals surface area (Å²) in [6, 6.07) is 0. The second-order valence-corrected chi connectivity index (χ2v) is 13.0. The van der Waals surface area contributed by atoms with Crippen LogP contribution in [-0.2, 0) is 9.53 Å². The van der Waals surface area contributed by atoms with E-state index >= 15 is 0 Å². The minimum absolute atomic E-state index is 0.0105. The first-order valence-electron chi connectivity index (χ1n) is 14.9. The van der Waals surface area contributed by atoms with Crippen molar-refractivity contribution in [3.8, 4) is 0 Å². The summed E-state index contributed by atoms with van der Waals surface area (Å²) < 4.78 is 5.72. The molecule has 0 saturated heterocycles. The predicted molar refractivity (Wildman–Crippen MR) is 153 cm³/mol. The van der Waals surface area contributed by atoms with E-state index in [0.29, 0.717) is 13.0 Å². The lowest BCUT2D eigenvalue weighted by Crippen LogP contribution is -2.29. The molecule has 0 aromatic rings. The normalized spacial score (nSPS) is 16.5. The molecule has 0 aromatic heterocycles. The summed E-state index contributed by atoms with van der Waals surface area (Å²) in [7, 11) is 0. The van der Waals surface area contributed by atoms with Crippen molar-refractivity contribution in [1.29, 1.82) is 0 Å². The number of carbonyl (C=O) groups is 1. The summed E-state index contributed by atoms with van der Waals surface area (Å²) in [4.78, 5) is 12.1. The molecule has 0 heterocycles. The molecule has 0 aromatic carbocycles. The molecule has 34 heavy (non-hydrogen) atoms. The highest BCUT2D eigenvalue weighted by atomic mass is 32.2. The van der Waals surface area contributed by atoms with Crippen molar-refractivity contribution in [3.05, 3.63) is 11.6 Å². The fourth-order valence-electron chi connectivity index (χ4n) is 5.02. The molecule has 0 spiro atoms. The highest BCUT2D eigenvalue weighted by molar-refractivity contribution is 8.00. The van der Waals surface area contributed by atoms with Gasteiger partial charge in [-0.3, -0.25) is 4.79 Å². The van der Waals surface area contributed by atoms with Gasteiger partial charge in [0.25, 0.3) is 0 Å². The molecule has 0 radical (unpaired) electrons. The van der Waals surface area contributed by atoms with Crippen LogP contribution in [0.1, 0.15) is 156 Å². The van der Waals surface area contributed by atoms with Crippen LogP contribution in [0.4, 0.5) is 0 Å². The van der Waals surface area contributed by atoms with Crippen molar-refractivity contribution < 1.29 is 9.53 Å². The van der Waals surface area contributed by atoms with Crippen molar-refractivity contribution in [1.82, 2.24) is 0 Å². The largest absolute Gasteiger partial charge is 0.466 e. The molecule has 0 bridgehead atoms. The Labute approximate surface area is 217 Å². The number of hydrogen-bond donors (Lipinski definition) is 0. The van der Waals surface area contributed by atoms with Crippen molar-refractivity contribution in [2.24, 2.45) is 5.92 Å². The molecule has 0 N–H and O–H groups in total. The Kier molecular flexibility index (Phi) is 19.3. The van der Waals surface area contributed by atoms with Crippen LogP contribution in [0.15, 0.2) is 11.6 Å². The molecule has 3 heteroatoms. The summed E-state index contributed by atoms with van der Waals surface area (Å²) in [6.45, 7) is 9.83. The number of hydrogen-bond acceptors (Lipinski definition) is 3. The Morgan fingerprint density at radius 3 is 1.85 bits per heavy atom. The van der Waals surface area contributed by atoms with Gasteiger partial charge in [0.1, 0.15) is 0 Å². The standard InChI is InChI=1S/C31H58O2S/c1-5-6-7-8-9-10-11-12-13-14-15-16-17-18-19-20-26-33-30(32)25-27-34-31(3,4)29-23-21-28(2)22-24-29/h21,29H,5-20,22-27H2,1-4H3.